The molecule has 1 aliphatic heterocycles. The van der Waals surface area contributed by atoms with Gasteiger partial charge >= 0.3 is 0 Å². The molecule has 92 valence electrons. The molecule has 0 N–H and O–H groups in total. The largest absolute Gasteiger partial charge is 0.353 e. The van der Waals surface area contributed by atoms with Crippen LogP contribution in [0.2, 0.25) is 0 Å². The van der Waals surface area contributed by atoms with E-state index in [4.69, 9.17) is 9.47 Å². The van der Waals surface area contributed by atoms with E-state index in [1.54, 1.807) is 0 Å². The first-order chi connectivity index (χ1) is 7.55. The molecule has 0 radical (unpaired) electrons. The average molecular weight is 224 g/mol. The van der Waals surface area contributed by atoms with Crippen molar-refractivity contribution >= 4 is 0 Å². The van der Waals surface area contributed by atoms with Crippen LogP contribution in [0, 0.1) is 5.41 Å². The highest BCUT2D eigenvalue weighted by molar-refractivity contribution is 5.10. The highest BCUT2D eigenvalue weighted by atomic mass is 16.7. The molecule has 1 aliphatic carbocycles. The first kappa shape index (κ1) is 12.1. The summed E-state index contributed by atoms with van der Waals surface area (Å²) in [5.41, 5.74) is 1.83. The number of hydrogen-bond donors (Lipinski definition) is 0. The lowest BCUT2D eigenvalue weighted by Gasteiger charge is -2.36. The maximum atomic E-state index is 6.04. The quantitative estimate of drug-likeness (QED) is 0.666. The summed E-state index contributed by atoms with van der Waals surface area (Å²) in [6.07, 6.45) is 8.37. The van der Waals surface area contributed by atoms with Crippen LogP contribution >= 0.6 is 0 Å². The first-order valence-corrected chi connectivity index (χ1v) is 6.49. The van der Waals surface area contributed by atoms with Gasteiger partial charge in [-0.05, 0) is 44.4 Å². The molecule has 2 atom stereocenters. The normalized spacial score (nSPS) is 34.6. The first-order valence-electron chi connectivity index (χ1n) is 6.49. The zero-order valence-electron chi connectivity index (χ0n) is 10.8. The smallest absolute Gasteiger partial charge is 0.158 e. The van der Waals surface area contributed by atoms with Crippen LogP contribution in [0.5, 0.6) is 0 Å². The van der Waals surface area contributed by atoms with Crippen molar-refractivity contribution in [1.82, 2.24) is 0 Å². The Bertz CT molecular complexity index is 262. The van der Waals surface area contributed by atoms with E-state index >= 15 is 0 Å². The number of ether oxygens (including phenoxy) is 2. The van der Waals surface area contributed by atoms with Gasteiger partial charge in [0.05, 0.1) is 6.10 Å². The SMILES string of the molecule is CC1=C[C@H](O[C@@H]2CCCCO2)CC(C)(C)C1. The molecule has 2 aliphatic rings. The van der Waals surface area contributed by atoms with Crippen molar-refractivity contribution in [3.63, 3.8) is 0 Å². The van der Waals surface area contributed by atoms with E-state index in [9.17, 15) is 0 Å². The van der Waals surface area contributed by atoms with E-state index in [-0.39, 0.29) is 12.4 Å². The van der Waals surface area contributed by atoms with Crippen LogP contribution in [0.25, 0.3) is 0 Å². The fourth-order valence-corrected chi connectivity index (χ4v) is 2.91. The Labute approximate surface area is 99.0 Å². The van der Waals surface area contributed by atoms with Crippen LogP contribution in [-0.4, -0.2) is 19.0 Å². The predicted molar refractivity (Wildman–Crippen MR) is 65.2 cm³/mol. The Balaban J connectivity index is 1.91. The van der Waals surface area contributed by atoms with Crippen molar-refractivity contribution in [3.05, 3.63) is 11.6 Å². The maximum Gasteiger partial charge on any atom is 0.158 e. The summed E-state index contributed by atoms with van der Waals surface area (Å²) in [5, 5.41) is 0. The second-order valence-corrected chi connectivity index (χ2v) is 6.03. The van der Waals surface area contributed by atoms with Gasteiger partial charge in [0.25, 0.3) is 0 Å². The van der Waals surface area contributed by atoms with Crippen molar-refractivity contribution in [2.24, 2.45) is 5.41 Å². The zero-order valence-corrected chi connectivity index (χ0v) is 10.8. The lowest BCUT2D eigenvalue weighted by Crippen LogP contribution is -2.32. The van der Waals surface area contributed by atoms with Crippen LogP contribution in [0.15, 0.2) is 11.6 Å². The van der Waals surface area contributed by atoms with E-state index in [1.165, 1.54) is 24.8 Å². The number of allylic oxidation sites excluding steroid dienone is 1. The minimum atomic E-state index is 0.0386. The number of hydrogen-bond acceptors (Lipinski definition) is 2. The average Bonchev–Trinajstić information content (AvgIpc) is 2.15. The Morgan fingerprint density at radius 3 is 2.81 bits per heavy atom. The third kappa shape index (κ3) is 3.33. The van der Waals surface area contributed by atoms with E-state index in [1.807, 2.05) is 0 Å². The second-order valence-electron chi connectivity index (χ2n) is 6.03. The van der Waals surface area contributed by atoms with Crippen molar-refractivity contribution in [2.75, 3.05) is 6.61 Å². The lowest BCUT2D eigenvalue weighted by molar-refractivity contribution is -0.184. The maximum absolute atomic E-state index is 6.04. The van der Waals surface area contributed by atoms with Gasteiger partial charge in [0.15, 0.2) is 6.29 Å². The van der Waals surface area contributed by atoms with Gasteiger partial charge in [-0.25, -0.2) is 0 Å². The summed E-state index contributed by atoms with van der Waals surface area (Å²) >= 11 is 0. The van der Waals surface area contributed by atoms with E-state index < -0.39 is 0 Å². The molecule has 0 bridgehead atoms. The highest BCUT2D eigenvalue weighted by Crippen LogP contribution is 2.37. The Morgan fingerprint density at radius 1 is 1.38 bits per heavy atom. The fraction of sp³-hybridized carbons (Fsp3) is 0.857. The standard InChI is InChI=1S/C14H24O2/c1-11-8-12(10-14(2,3)9-11)16-13-6-4-5-7-15-13/h8,12-13H,4-7,9-10H2,1-3H3/t12-,13+/m0/s1. The lowest BCUT2D eigenvalue weighted by atomic mass is 9.76. The van der Waals surface area contributed by atoms with Gasteiger partial charge in [-0.1, -0.05) is 25.5 Å². The fourth-order valence-electron chi connectivity index (χ4n) is 2.91. The van der Waals surface area contributed by atoms with Gasteiger partial charge in [-0.2, -0.15) is 0 Å². The minimum absolute atomic E-state index is 0.0386. The monoisotopic (exact) mass is 224 g/mol. The summed E-state index contributed by atoms with van der Waals surface area (Å²) in [4.78, 5) is 0. The topological polar surface area (TPSA) is 18.5 Å². The highest BCUT2D eigenvalue weighted by Gasteiger charge is 2.29. The molecule has 0 spiro atoms. The van der Waals surface area contributed by atoms with Gasteiger partial charge in [0.2, 0.25) is 0 Å². The summed E-state index contributed by atoms with van der Waals surface area (Å²) in [5.74, 6) is 0. The van der Waals surface area contributed by atoms with Gasteiger partial charge in [-0.3, -0.25) is 0 Å². The summed E-state index contributed by atoms with van der Waals surface area (Å²) in [6, 6.07) is 0. The molecule has 0 aromatic carbocycles. The van der Waals surface area contributed by atoms with Crippen LogP contribution < -0.4 is 0 Å². The summed E-state index contributed by atoms with van der Waals surface area (Å²) < 4.78 is 11.7. The molecular formula is C14H24O2. The van der Waals surface area contributed by atoms with Crippen LogP contribution in [-0.2, 0) is 9.47 Å². The van der Waals surface area contributed by atoms with Crippen molar-refractivity contribution in [2.45, 2.75) is 65.3 Å². The molecule has 16 heavy (non-hydrogen) atoms. The molecule has 1 fully saturated rings. The molecule has 2 nitrogen and oxygen atoms in total. The van der Waals surface area contributed by atoms with Gasteiger partial charge in [-0.15, -0.1) is 0 Å². The van der Waals surface area contributed by atoms with E-state index in [0.29, 0.717) is 5.41 Å². The molecule has 2 rings (SSSR count). The molecule has 0 aromatic heterocycles. The Morgan fingerprint density at radius 2 is 2.19 bits per heavy atom. The second kappa shape index (κ2) is 4.89. The molecular weight excluding hydrogens is 200 g/mol. The molecule has 1 saturated heterocycles. The minimum Gasteiger partial charge on any atom is -0.353 e. The molecule has 1 heterocycles. The molecule has 0 amide bonds. The van der Waals surface area contributed by atoms with Gasteiger partial charge in [0, 0.05) is 6.61 Å². The van der Waals surface area contributed by atoms with E-state index in [2.05, 4.69) is 26.8 Å². The zero-order chi connectivity index (χ0) is 11.6. The number of rotatable bonds is 2. The van der Waals surface area contributed by atoms with Crippen molar-refractivity contribution < 1.29 is 9.47 Å². The van der Waals surface area contributed by atoms with E-state index in [0.717, 1.165) is 19.4 Å². The van der Waals surface area contributed by atoms with Crippen LogP contribution in [0.3, 0.4) is 0 Å². The summed E-state index contributed by atoms with van der Waals surface area (Å²) in [6.45, 7) is 7.71. The predicted octanol–water partition coefficient (Wildman–Crippen LogP) is 3.66. The van der Waals surface area contributed by atoms with Crippen molar-refractivity contribution in [3.8, 4) is 0 Å². The Hall–Kier alpha value is -0.340. The Kier molecular flexibility index (Phi) is 3.70. The molecule has 0 aromatic rings. The summed E-state index contributed by atoms with van der Waals surface area (Å²) in [7, 11) is 0. The molecule has 2 heteroatoms. The van der Waals surface area contributed by atoms with Gasteiger partial charge in [0.1, 0.15) is 0 Å². The molecule has 0 unspecified atom stereocenters. The third-order valence-corrected chi connectivity index (χ3v) is 3.45. The van der Waals surface area contributed by atoms with Crippen LogP contribution in [0.1, 0.15) is 52.9 Å². The molecule has 0 saturated carbocycles. The third-order valence-electron chi connectivity index (χ3n) is 3.45. The van der Waals surface area contributed by atoms with Crippen molar-refractivity contribution in [1.29, 1.82) is 0 Å². The van der Waals surface area contributed by atoms with Crippen LogP contribution in [0.4, 0.5) is 0 Å². The van der Waals surface area contributed by atoms with Gasteiger partial charge < -0.3 is 9.47 Å².